The molecule has 4 heteroatoms. The Hall–Kier alpha value is -2.62. The Kier molecular flexibility index (Phi) is 3.92. The molecule has 0 fully saturated rings. The van der Waals surface area contributed by atoms with Crippen molar-refractivity contribution in [3.8, 4) is 0 Å². The highest BCUT2D eigenvalue weighted by Gasteiger charge is 2.20. The fourth-order valence-corrected chi connectivity index (χ4v) is 2.50. The van der Waals surface area contributed by atoms with Crippen LogP contribution in [0.3, 0.4) is 0 Å². The molecule has 0 saturated heterocycles. The van der Waals surface area contributed by atoms with E-state index in [9.17, 15) is 4.79 Å². The van der Waals surface area contributed by atoms with Crippen molar-refractivity contribution >= 4 is 16.9 Å². The summed E-state index contributed by atoms with van der Waals surface area (Å²) >= 11 is 0. The standard InChI is InChI=1S/C18H18N2O2/c1-13(14-8-4-3-5-9-14)20(2)18(21)12-16-15-10-6-7-11-17(15)22-19-16/h3-11,13H,12H2,1-2H3. The van der Waals surface area contributed by atoms with Crippen LogP contribution < -0.4 is 0 Å². The fraction of sp³-hybridized carbons (Fsp3) is 0.222. The van der Waals surface area contributed by atoms with E-state index >= 15 is 0 Å². The Morgan fingerprint density at radius 2 is 1.82 bits per heavy atom. The van der Waals surface area contributed by atoms with Gasteiger partial charge in [-0.3, -0.25) is 4.79 Å². The molecule has 3 rings (SSSR count). The van der Waals surface area contributed by atoms with Gasteiger partial charge in [-0.2, -0.15) is 0 Å². The number of hydrogen-bond acceptors (Lipinski definition) is 3. The summed E-state index contributed by atoms with van der Waals surface area (Å²) < 4.78 is 5.25. The molecule has 1 atom stereocenters. The third-order valence-electron chi connectivity index (χ3n) is 4.03. The van der Waals surface area contributed by atoms with Crippen LogP contribution in [-0.2, 0) is 11.2 Å². The van der Waals surface area contributed by atoms with Gasteiger partial charge in [-0.25, -0.2) is 0 Å². The van der Waals surface area contributed by atoms with Gasteiger partial charge in [-0.05, 0) is 24.6 Å². The second kappa shape index (κ2) is 6.02. The molecule has 0 aliphatic carbocycles. The van der Waals surface area contributed by atoms with E-state index in [1.165, 1.54) is 0 Å². The van der Waals surface area contributed by atoms with Crippen LogP contribution in [0.25, 0.3) is 11.0 Å². The Labute approximate surface area is 129 Å². The molecule has 0 N–H and O–H groups in total. The van der Waals surface area contributed by atoms with Gasteiger partial charge in [0.2, 0.25) is 5.91 Å². The van der Waals surface area contributed by atoms with E-state index in [0.29, 0.717) is 11.3 Å². The zero-order chi connectivity index (χ0) is 15.5. The third-order valence-corrected chi connectivity index (χ3v) is 4.03. The van der Waals surface area contributed by atoms with Crippen molar-refractivity contribution in [2.45, 2.75) is 19.4 Å². The first kappa shape index (κ1) is 14.3. The van der Waals surface area contributed by atoms with Crippen LogP contribution in [0, 0.1) is 0 Å². The van der Waals surface area contributed by atoms with E-state index in [2.05, 4.69) is 5.16 Å². The summed E-state index contributed by atoms with van der Waals surface area (Å²) in [7, 11) is 1.82. The number of para-hydroxylation sites is 1. The Morgan fingerprint density at radius 3 is 2.59 bits per heavy atom. The van der Waals surface area contributed by atoms with E-state index in [1.807, 2.05) is 68.6 Å². The molecule has 22 heavy (non-hydrogen) atoms. The van der Waals surface area contributed by atoms with Gasteiger partial charge < -0.3 is 9.42 Å². The van der Waals surface area contributed by atoms with Crippen molar-refractivity contribution < 1.29 is 9.32 Å². The number of amides is 1. The first-order chi connectivity index (χ1) is 10.7. The summed E-state index contributed by atoms with van der Waals surface area (Å²) in [5, 5.41) is 4.93. The van der Waals surface area contributed by atoms with Gasteiger partial charge in [0.1, 0.15) is 5.69 Å². The molecule has 112 valence electrons. The minimum atomic E-state index is 0.0202. The molecule has 3 aromatic rings. The lowest BCUT2D eigenvalue weighted by atomic mass is 10.1. The van der Waals surface area contributed by atoms with E-state index in [0.717, 1.165) is 10.9 Å². The van der Waals surface area contributed by atoms with Crippen LogP contribution in [0.5, 0.6) is 0 Å². The summed E-state index contributed by atoms with van der Waals surface area (Å²) in [6.45, 7) is 2.02. The summed E-state index contributed by atoms with van der Waals surface area (Å²) in [6, 6.07) is 17.6. The maximum absolute atomic E-state index is 12.5. The van der Waals surface area contributed by atoms with Crippen LogP contribution in [0.1, 0.15) is 24.2 Å². The monoisotopic (exact) mass is 294 g/mol. The largest absolute Gasteiger partial charge is 0.356 e. The smallest absolute Gasteiger partial charge is 0.228 e. The lowest BCUT2D eigenvalue weighted by Gasteiger charge is -2.25. The predicted molar refractivity (Wildman–Crippen MR) is 85.3 cm³/mol. The van der Waals surface area contributed by atoms with Gasteiger partial charge in [0, 0.05) is 12.4 Å². The molecule has 2 aromatic carbocycles. The minimum absolute atomic E-state index is 0.0202. The molecule has 1 amide bonds. The SMILES string of the molecule is CC(c1ccccc1)N(C)C(=O)Cc1noc2ccccc12. The summed E-state index contributed by atoms with van der Waals surface area (Å²) in [6.07, 6.45) is 0.241. The van der Waals surface area contributed by atoms with Gasteiger partial charge in [-0.1, -0.05) is 47.6 Å². The topological polar surface area (TPSA) is 46.3 Å². The van der Waals surface area contributed by atoms with Crippen molar-refractivity contribution in [1.29, 1.82) is 0 Å². The molecule has 0 saturated carbocycles. The average Bonchev–Trinajstić information content (AvgIpc) is 2.97. The molecule has 0 radical (unpaired) electrons. The van der Waals surface area contributed by atoms with Gasteiger partial charge in [0.25, 0.3) is 0 Å². The minimum Gasteiger partial charge on any atom is -0.356 e. The second-order valence-electron chi connectivity index (χ2n) is 5.39. The number of carbonyl (C=O) groups is 1. The lowest BCUT2D eigenvalue weighted by Crippen LogP contribution is -2.31. The van der Waals surface area contributed by atoms with Crippen molar-refractivity contribution in [2.24, 2.45) is 0 Å². The van der Waals surface area contributed by atoms with Gasteiger partial charge in [0.15, 0.2) is 5.58 Å². The van der Waals surface area contributed by atoms with Gasteiger partial charge in [-0.15, -0.1) is 0 Å². The Morgan fingerprint density at radius 1 is 1.14 bits per heavy atom. The molecule has 4 nitrogen and oxygen atoms in total. The molecular formula is C18H18N2O2. The van der Waals surface area contributed by atoms with E-state index in [1.54, 1.807) is 4.90 Å². The summed E-state index contributed by atoms with van der Waals surface area (Å²) in [4.78, 5) is 14.3. The molecule has 0 spiro atoms. The second-order valence-corrected chi connectivity index (χ2v) is 5.39. The average molecular weight is 294 g/mol. The van der Waals surface area contributed by atoms with Crippen molar-refractivity contribution in [1.82, 2.24) is 10.1 Å². The maximum atomic E-state index is 12.5. The van der Waals surface area contributed by atoms with E-state index in [-0.39, 0.29) is 18.4 Å². The number of benzene rings is 2. The number of nitrogens with zero attached hydrogens (tertiary/aromatic N) is 2. The van der Waals surface area contributed by atoms with Gasteiger partial charge >= 0.3 is 0 Å². The number of rotatable bonds is 4. The Balaban J connectivity index is 1.76. The predicted octanol–water partition coefficient (Wildman–Crippen LogP) is 3.59. The zero-order valence-electron chi connectivity index (χ0n) is 12.7. The molecule has 0 bridgehead atoms. The maximum Gasteiger partial charge on any atom is 0.228 e. The highest BCUT2D eigenvalue weighted by atomic mass is 16.5. The molecule has 0 aliphatic rings. The first-order valence-electron chi connectivity index (χ1n) is 7.30. The van der Waals surface area contributed by atoms with Crippen LogP contribution in [0.4, 0.5) is 0 Å². The molecule has 0 aliphatic heterocycles. The van der Waals surface area contributed by atoms with Crippen LogP contribution in [0.15, 0.2) is 59.1 Å². The molecule has 1 aromatic heterocycles. The number of fused-ring (bicyclic) bond motifs is 1. The molecule has 1 unspecified atom stereocenters. The van der Waals surface area contributed by atoms with Crippen LogP contribution in [0.2, 0.25) is 0 Å². The first-order valence-corrected chi connectivity index (χ1v) is 7.30. The number of carbonyl (C=O) groups excluding carboxylic acids is 1. The van der Waals surface area contributed by atoms with Crippen LogP contribution >= 0.6 is 0 Å². The third kappa shape index (κ3) is 2.72. The fourth-order valence-electron chi connectivity index (χ4n) is 2.50. The van der Waals surface area contributed by atoms with Gasteiger partial charge in [0.05, 0.1) is 12.5 Å². The highest BCUT2D eigenvalue weighted by Crippen LogP contribution is 2.22. The van der Waals surface area contributed by atoms with Crippen molar-refractivity contribution in [2.75, 3.05) is 7.05 Å². The molecule has 1 heterocycles. The Bertz CT molecular complexity index is 780. The lowest BCUT2D eigenvalue weighted by molar-refractivity contribution is -0.131. The number of likely N-dealkylation sites (N-methyl/N-ethyl adjacent to an activating group) is 1. The quantitative estimate of drug-likeness (QED) is 0.738. The van der Waals surface area contributed by atoms with Crippen molar-refractivity contribution in [3.63, 3.8) is 0 Å². The highest BCUT2D eigenvalue weighted by molar-refractivity contribution is 5.86. The number of aromatic nitrogens is 1. The number of hydrogen-bond donors (Lipinski definition) is 0. The summed E-state index contributed by atoms with van der Waals surface area (Å²) in [5.41, 5.74) is 2.51. The molecular weight excluding hydrogens is 276 g/mol. The normalized spacial score (nSPS) is 12.3. The van der Waals surface area contributed by atoms with E-state index in [4.69, 9.17) is 4.52 Å². The summed E-state index contributed by atoms with van der Waals surface area (Å²) in [5.74, 6) is 0.0235. The van der Waals surface area contributed by atoms with Crippen LogP contribution in [-0.4, -0.2) is 23.0 Å². The van der Waals surface area contributed by atoms with Crippen molar-refractivity contribution in [3.05, 3.63) is 65.9 Å². The zero-order valence-corrected chi connectivity index (χ0v) is 12.7. The van der Waals surface area contributed by atoms with E-state index < -0.39 is 0 Å².